The summed E-state index contributed by atoms with van der Waals surface area (Å²) in [6.45, 7) is 15.1. The summed E-state index contributed by atoms with van der Waals surface area (Å²) in [7, 11) is 0. The number of primary amides is 1. The zero-order valence-corrected chi connectivity index (χ0v) is 58.5. The molecule has 1 fully saturated rings. The Labute approximate surface area is 582 Å². The van der Waals surface area contributed by atoms with Crippen LogP contribution in [-0.2, 0) is 52.7 Å². The number of anilines is 2. The molecule has 0 saturated carbocycles. The lowest BCUT2D eigenvalue weighted by molar-refractivity contribution is -0.144. The summed E-state index contributed by atoms with van der Waals surface area (Å²) in [5.41, 5.74) is 3.48. The molecule has 4 aliphatic heterocycles. The lowest BCUT2D eigenvalue weighted by atomic mass is 9.72. The normalized spacial score (nSPS) is 31.0. The summed E-state index contributed by atoms with van der Waals surface area (Å²) >= 11 is 0. The van der Waals surface area contributed by atoms with Crippen LogP contribution in [0, 0.1) is 60.2 Å². The highest BCUT2D eigenvalue weighted by Gasteiger charge is 2.50. The van der Waals surface area contributed by atoms with E-state index in [4.69, 9.17) is 15.2 Å². The summed E-state index contributed by atoms with van der Waals surface area (Å²) < 4.78 is 12.1. The van der Waals surface area contributed by atoms with Gasteiger partial charge in [-0.25, -0.2) is 0 Å². The predicted molar refractivity (Wildman–Crippen MR) is 360 cm³/mol. The second kappa shape index (κ2) is 35.0. The molecule has 12 unspecified atom stereocenters. The number of carbonyl (C=O) groups is 11. The Kier molecular flexibility index (Phi) is 28.7. The van der Waals surface area contributed by atoms with Gasteiger partial charge in [-0.2, -0.15) is 0 Å². The maximum absolute atomic E-state index is 14.8. The predicted octanol–water partition coefficient (Wildman–Crippen LogP) is -3.04. The van der Waals surface area contributed by atoms with Crippen molar-refractivity contribution in [2.45, 2.75) is 169 Å². The van der Waals surface area contributed by atoms with E-state index in [9.17, 15) is 109 Å². The Morgan fingerprint density at radius 1 is 0.713 bits per heavy atom. The number of rotatable bonds is 13. The van der Waals surface area contributed by atoms with E-state index in [2.05, 4.69) is 42.5 Å². The molecule has 1 saturated heterocycles. The standard InChI is InChI=1S/C67H98N10O24/c1-25(2)37-19-40(81)39(24-79)74-63(96)38(73-42(83)22-71-64(97)41(82)21-70-65(98)46(35(12)80)75-66(99)49(77-62(37)95)55(89)56(90)59(68)92)20-69-61(94)31(8)34(11)72-47-48-54(88)44-43(53(47)87)45-57(33(10)52(44)86)101-67(13,58(45)91)100-18-17-36(23-78)29(6)28(5)30(7)51(85)32(9)50(84)26(3)15-14-16-27(4)60(93)76-48/h14-18,25-26,28-32,34-39,41,46,49-51,55-56,72,78-80,82,84-90H,19-24H2,1-13H3,(H2,68,92)(H,69,94)(H,70,98)(H,71,97)(H,73,83)(H,74,96)(H,75,99)(H,76,93)(H,77,95)/b15-14+,18-17+,27-16-/t26-,28+,29?,30-,31?,32+,34?,35?,36+,37?,38?,39?,41?,46?,49?,50-,51-,55?,56?,67-/m0/s1. The number of carbonyl (C=O) groups excluding carboxylic acids is 11. The van der Waals surface area contributed by atoms with Gasteiger partial charge in [0.1, 0.15) is 65.0 Å². The molecular weight excluding hydrogens is 1330 g/mol. The molecule has 20 atom stereocenters. The van der Waals surface area contributed by atoms with Crippen LogP contribution in [-0.4, -0.2) is 226 Å². The molecule has 5 bridgehead atoms. The minimum absolute atomic E-state index is 0.0235. The molecule has 101 heavy (non-hydrogen) atoms. The first kappa shape index (κ1) is 82.6. The smallest absolute Gasteiger partial charge is 0.312 e. The first-order chi connectivity index (χ1) is 47.1. The fourth-order valence-electron chi connectivity index (χ4n) is 11.9. The molecule has 34 nitrogen and oxygen atoms in total. The maximum Gasteiger partial charge on any atom is 0.312 e. The molecule has 4 aliphatic rings. The molecule has 2 aromatic carbocycles. The number of hydrogen-bond acceptors (Lipinski definition) is 25. The summed E-state index contributed by atoms with van der Waals surface area (Å²) in [5, 5.41) is 143. The van der Waals surface area contributed by atoms with Crippen LogP contribution >= 0.6 is 0 Å². The number of phenolic OH excluding ortho intramolecular Hbond substituents is 3. The van der Waals surface area contributed by atoms with E-state index in [-0.39, 0.29) is 28.7 Å². The highest BCUT2D eigenvalue weighted by molar-refractivity contribution is 6.24. The number of nitrogens with one attached hydrogen (secondary N) is 9. The highest BCUT2D eigenvalue weighted by atomic mass is 16.7. The highest BCUT2D eigenvalue weighted by Crippen LogP contribution is 2.57. The van der Waals surface area contributed by atoms with Gasteiger partial charge in [0.05, 0.1) is 61.1 Å². The third-order valence-corrected chi connectivity index (χ3v) is 19.4. The molecule has 0 radical (unpaired) electrons. The number of nitrogens with two attached hydrogens (primary N) is 1. The van der Waals surface area contributed by atoms with Crippen LogP contribution in [0.1, 0.15) is 105 Å². The molecule has 34 heteroatoms. The number of hydrogen-bond donors (Lipinski definition) is 21. The zero-order chi connectivity index (χ0) is 76.3. The van der Waals surface area contributed by atoms with Crippen LogP contribution in [0.2, 0.25) is 0 Å². The van der Waals surface area contributed by atoms with Gasteiger partial charge in [0.15, 0.2) is 17.6 Å². The van der Waals surface area contributed by atoms with Crippen molar-refractivity contribution >= 4 is 86.9 Å². The van der Waals surface area contributed by atoms with E-state index >= 15 is 0 Å². The van der Waals surface area contributed by atoms with E-state index in [1.807, 2.05) is 26.1 Å². The first-order valence-corrected chi connectivity index (χ1v) is 33.0. The third-order valence-electron chi connectivity index (χ3n) is 19.4. The van der Waals surface area contributed by atoms with Crippen molar-refractivity contribution in [3.05, 3.63) is 47.3 Å². The second-order valence-corrected chi connectivity index (χ2v) is 26.9. The summed E-state index contributed by atoms with van der Waals surface area (Å²) in [6, 6.07) is -9.43. The fraction of sp³-hybridized carbons (Fsp3) is 0.597. The Hall–Kier alpha value is -9.03. The number of Topliss-reactive ketones (excluding diaryl/α,β-unsaturated/α-hetero) is 2. The SMILES string of the molecule is C/C1=C/C=C/[C@H](C)[C@H](O)[C@@H](C)[C@@H](O)[C@@H](C)[C@H](C)C(C)[C@@H](CO)/C=C/O[C@@]2(C)Oc3c(C)c(O)c4c(O)c(c(NC(C)C(C)C(=O)NCC5NC(=O)CNC(=O)C(O)CNC(=O)C(C(C)O)NC(=O)C(C(O)C(O)C(N)=O)NC(=O)C(C(C)C)CC(=O)C(CO)NC5=O)c(O)c4c3C2=O)NC1=O. The molecule has 0 aromatic heterocycles. The van der Waals surface area contributed by atoms with Crippen molar-refractivity contribution in [1.29, 1.82) is 0 Å². The second-order valence-electron chi connectivity index (χ2n) is 26.9. The van der Waals surface area contributed by atoms with E-state index in [1.165, 1.54) is 66.7 Å². The van der Waals surface area contributed by atoms with E-state index < -0.39 is 263 Å². The molecule has 22 N–H and O–H groups in total. The Morgan fingerprint density at radius 2 is 1.35 bits per heavy atom. The number of benzene rings is 2. The Bertz CT molecular complexity index is 3560. The van der Waals surface area contributed by atoms with Gasteiger partial charge in [-0.3, -0.25) is 52.7 Å². The van der Waals surface area contributed by atoms with Gasteiger partial charge < -0.3 is 119 Å². The molecule has 560 valence electrons. The van der Waals surface area contributed by atoms with Crippen molar-refractivity contribution in [2.24, 2.45) is 59.0 Å². The molecule has 0 aliphatic carbocycles. The van der Waals surface area contributed by atoms with Crippen LogP contribution < -0.4 is 58.3 Å². The van der Waals surface area contributed by atoms with Crippen molar-refractivity contribution < 1.29 is 118 Å². The number of ketones is 2. The average molecular weight is 1430 g/mol. The number of phenols is 3. The van der Waals surface area contributed by atoms with Gasteiger partial charge in [0.25, 0.3) is 17.6 Å². The maximum atomic E-state index is 14.8. The number of ether oxygens (including phenoxy) is 2. The first-order valence-electron chi connectivity index (χ1n) is 33.0. The number of aromatic hydroxyl groups is 3. The van der Waals surface area contributed by atoms with Gasteiger partial charge in [0.2, 0.25) is 41.4 Å². The quantitative estimate of drug-likeness (QED) is 0.0700. The van der Waals surface area contributed by atoms with Gasteiger partial charge in [-0.05, 0) is 57.4 Å². The van der Waals surface area contributed by atoms with E-state index in [1.54, 1.807) is 19.9 Å². The molecule has 6 rings (SSSR count). The summed E-state index contributed by atoms with van der Waals surface area (Å²) in [6.07, 6.45) is -4.91. The molecule has 0 spiro atoms. The monoisotopic (exact) mass is 1430 g/mol. The van der Waals surface area contributed by atoms with Crippen LogP contribution in [0.25, 0.3) is 10.8 Å². The number of aliphatic hydroxyl groups is 8. The third kappa shape index (κ3) is 19.1. The largest absolute Gasteiger partial charge is 0.507 e. The zero-order valence-electron chi connectivity index (χ0n) is 58.5. The minimum Gasteiger partial charge on any atom is -0.507 e. The number of amides is 9. The number of aliphatic hydroxyl groups excluding tert-OH is 8. The van der Waals surface area contributed by atoms with Crippen molar-refractivity contribution in [2.75, 3.05) is 43.5 Å². The topological polar surface area (TPSA) is 563 Å². The van der Waals surface area contributed by atoms with E-state index in [0.717, 1.165) is 13.2 Å². The Morgan fingerprint density at radius 3 is 1.94 bits per heavy atom. The van der Waals surface area contributed by atoms with Crippen LogP contribution in [0.15, 0.2) is 36.1 Å². The van der Waals surface area contributed by atoms with Gasteiger partial charge in [-0.15, -0.1) is 0 Å². The lowest BCUT2D eigenvalue weighted by Gasteiger charge is -2.37. The van der Waals surface area contributed by atoms with Crippen molar-refractivity contribution in [3.63, 3.8) is 0 Å². The summed E-state index contributed by atoms with van der Waals surface area (Å²) in [4.78, 5) is 151. The van der Waals surface area contributed by atoms with Crippen molar-refractivity contribution in [3.8, 4) is 23.0 Å². The number of β-amino-alcohol motifs (C(OH)–C–C–N with tert-alkyl or cyclic N) is 1. The molecule has 4 heterocycles. The van der Waals surface area contributed by atoms with Gasteiger partial charge >= 0.3 is 5.79 Å². The van der Waals surface area contributed by atoms with Crippen LogP contribution in [0.4, 0.5) is 11.4 Å². The minimum atomic E-state index is -2.55. The van der Waals surface area contributed by atoms with Crippen LogP contribution in [0.3, 0.4) is 0 Å². The van der Waals surface area contributed by atoms with Gasteiger partial charge in [-0.1, -0.05) is 73.6 Å². The van der Waals surface area contributed by atoms with Crippen molar-refractivity contribution in [1.82, 2.24) is 37.2 Å². The fourth-order valence-corrected chi connectivity index (χ4v) is 11.9. The number of fused-ring (bicyclic) bond motifs is 14. The Balaban J connectivity index is 1.55. The number of allylic oxidation sites excluding steroid dienone is 2. The summed E-state index contributed by atoms with van der Waals surface area (Å²) in [5.74, 6) is -24.9. The molecule has 9 amide bonds. The lowest BCUT2D eigenvalue weighted by Crippen LogP contribution is -2.63. The van der Waals surface area contributed by atoms with Crippen LogP contribution in [0.5, 0.6) is 23.0 Å². The van der Waals surface area contributed by atoms with E-state index in [0.29, 0.717) is 0 Å². The molecular formula is C67H98N10O24. The average Bonchev–Trinajstić information content (AvgIpc) is 1.63. The molecule has 2 aromatic rings. The van der Waals surface area contributed by atoms with Gasteiger partial charge in [0, 0.05) is 72.7 Å².